The molecular weight excluding hydrogens is 345 g/mol. The molecule has 6 nitrogen and oxygen atoms in total. The van der Waals surface area contributed by atoms with Crippen molar-refractivity contribution in [1.82, 2.24) is 15.6 Å². The standard InChI is InChI=1S/C20H26FN5O/c1-3-22-20(24-13-15-6-4-7-17(12-15)27-2)25-16-9-11-26(14-16)19-18(21)8-5-10-23-19/h4-8,10,12,16H,3,9,11,13-14H2,1-2H3,(H2,22,24,25). The number of nitrogens with one attached hydrogen (secondary N) is 2. The average Bonchev–Trinajstić information content (AvgIpc) is 3.15. The molecule has 0 aliphatic carbocycles. The highest BCUT2D eigenvalue weighted by molar-refractivity contribution is 5.80. The molecule has 0 amide bonds. The lowest BCUT2D eigenvalue weighted by Crippen LogP contribution is -2.44. The van der Waals surface area contributed by atoms with Crippen molar-refractivity contribution in [3.8, 4) is 5.75 Å². The van der Waals surface area contributed by atoms with E-state index in [1.807, 2.05) is 36.1 Å². The van der Waals surface area contributed by atoms with E-state index >= 15 is 0 Å². The molecule has 1 unspecified atom stereocenters. The molecule has 0 bridgehead atoms. The maximum absolute atomic E-state index is 14.0. The smallest absolute Gasteiger partial charge is 0.191 e. The fourth-order valence-electron chi connectivity index (χ4n) is 3.14. The average molecular weight is 371 g/mol. The molecule has 1 aliphatic rings. The highest BCUT2D eigenvalue weighted by Crippen LogP contribution is 2.20. The normalized spacial score (nSPS) is 17.1. The third-order valence-corrected chi connectivity index (χ3v) is 4.47. The minimum Gasteiger partial charge on any atom is -0.497 e. The summed E-state index contributed by atoms with van der Waals surface area (Å²) in [6.45, 7) is 4.82. The number of rotatable bonds is 6. The lowest BCUT2D eigenvalue weighted by atomic mass is 10.2. The summed E-state index contributed by atoms with van der Waals surface area (Å²) >= 11 is 0. The topological polar surface area (TPSA) is 61.8 Å². The van der Waals surface area contributed by atoms with Crippen LogP contribution in [0.3, 0.4) is 0 Å². The second-order valence-electron chi connectivity index (χ2n) is 6.43. The van der Waals surface area contributed by atoms with Crippen LogP contribution in [0, 0.1) is 5.82 Å². The van der Waals surface area contributed by atoms with Crippen molar-refractivity contribution in [3.63, 3.8) is 0 Å². The van der Waals surface area contributed by atoms with Gasteiger partial charge in [-0.1, -0.05) is 12.1 Å². The molecule has 2 heterocycles. The first-order valence-electron chi connectivity index (χ1n) is 9.23. The van der Waals surface area contributed by atoms with E-state index < -0.39 is 0 Å². The second-order valence-corrected chi connectivity index (χ2v) is 6.43. The Balaban J connectivity index is 1.61. The van der Waals surface area contributed by atoms with E-state index in [2.05, 4.69) is 20.6 Å². The summed E-state index contributed by atoms with van der Waals surface area (Å²) in [6.07, 6.45) is 2.53. The Morgan fingerprint density at radius 3 is 3.04 bits per heavy atom. The van der Waals surface area contributed by atoms with Crippen LogP contribution >= 0.6 is 0 Å². The number of halogens is 1. The molecule has 144 valence electrons. The predicted octanol–water partition coefficient (Wildman–Crippen LogP) is 2.56. The summed E-state index contributed by atoms with van der Waals surface area (Å²) in [4.78, 5) is 10.8. The Kier molecular flexibility index (Phi) is 6.46. The highest BCUT2D eigenvalue weighted by Gasteiger charge is 2.25. The molecule has 1 aromatic heterocycles. The van der Waals surface area contributed by atoms with Crippen LogP contribution in [0.2, 0.25) is 0 Å². The van der Waals surface area contributed by atoms with Crippen molar-refractivity contribution in [2.24, 2.45) is 4.99 Å². The molecule has 27 heavy (non-hydrogen) atoms. The van der Waals surface area contributed by atoms with Gasteiger partial charge in [0.2, 0.25) is 0 Å². The van der Waals surface area contributed by atoms with E-state index in [0.29, 0.717) is 18.9 Å². The van der Waals surface area contributed by atoms with E-state index in [9.17, 15) is 4.39 Å². The largest absolute Gasteiger partial charge is 0.497 e. The summed E-state index contributed by atoms with van der Waals surface area (Å²) in [5.41, 5.74) is 1.08. The third kappa shape index (κ3) is 5.09. The summed E-state index contributed by atoms with van der Waals surface area (Å²) in [5, 5.41) is 6.72. The first-order chi connectivity index (χ1) is 13.2. The summed E-state index contributed by atoms with van der Waals surface area (Å²) < 4.78 is 19.2. The number of nitrogens with zero attached hydrogens (tertiary/aromatic N) is 3. The second kappa shape index (κ2) is 9.21. The van der Waals surface area contributed by atoms with Gasteiger partial charge in [0.15, 0.2) is 17.6 Å². The van der Waals surface area contributed by atoms with Crippen LogP contribution < -0.4 is 20.3 Å². The van der Waals surface area contributed by atoms with Crippen molar-refractivity contribution in [1.29, 1.82) is 0 Å². The zero-order valence-corrected chi connectivity index (χ0v) is 15.8. The first-order valence-corrected chi connectivity index (χ1v) is 9.23. The van der Waals surface area contributed by atoms with Crippen molar-refractivity contribution >= 4 is 11.8 Å². The molecule has 1 atom stereocenters. The van der Waals surface area contributed by atoms with Crippen LogP contribution in [0.25, 0.3) is 0 Å². The number of aromatic nitrogens is 1. The first kappa shape index (κ1) is 18.9. The molecule has 1 aliphatic heterocycles. The Morgan fingerprint density at radius 1 is 1.37 bits per heavy atom. The molecular formula is C20H26FN5O. The summed E-state index contributed by atoms with van der Waals surface area (Å²) in [7, 11) is 1.66. The summed E-state index contributed by atoms with van der Waals surface area (Å²) in [5.74, 6) is 1.72. The molecule has 2 N–H and O–H groups in total. The van der Waals surface area contributed by atoms with Gasteiger partial charge in [-0.25, -0.2) is 14.4 Å². The van der Waals surface area contributed by atoms with E-state index in [1.165, 1.54) is 6.07 Å². The summed E-state index contributed by atoms with van der Waals surface area (Å²) in [6, 6.07) is 11.1. The SMILES string of the molecule is CCNC(=NCc1cccc(OC)c1)NC1CCN(c2ncccc2F)C1. The van der Waals surface area contributed by atoms with Gasteiger partial charge in [0.1, 0.15) is 5.75 Å². The van der Waals surface area contributed by atoms with Crippen LogP contribution in [0.1, 0.15) is 18.9 Å². The number of methoxy groups -OCH3 is 1. The minimum absolute atomic E-state index is 0.189. The van der Waals surface area contributed by atoms with E-state index in [-0.39, 0.29) is 11.9 Å². The molecule has 1 aromatic carbocycles. The zero-order chi connectivity index (χ0) is 19.1. The van der Waals surface area contributed by atoms with Gasteiger partial charge in [0, 0.05) is 31.9 Å². The van der Waals surface area contributed by atoms with Crippen molar-refractivity contribution < 1.29 is 9.13 Å². The fraction of sp³-hybridized carbons (Fsp3) is 0.400. The number of guanidine groups is 1. The quantitative estimate of drug-likeness (QED) is 0.604. The van der Waals surface area contributed by atoms with Crippen molar-refractivity contribution in [3.05, 3.63) is 54.0 Å². The van der Waals surface area contributed by atoms with Gasteiger partial charge in [-0.05, 0) is 43.2 Å². The van der Waals surface area contributed by atoms with Crippen LogP contribution in [-0.4, -0.2) is 43.7 Å². The van der Waals surface area contributed by atoms with Gasteiger partial charge in [0.05, 0.1) is 13.7 Å². The molecule has 7 heteroatoms. The van der Waals surface area contributed by atoms with Gasteiger partial charge < -0.3 is 20.3 Å². The van der Waals surface area contributed by atoms with E-state index in [4.69, 9.17) is 4.74 Å². The Morgan fingerprint density at radius 2 is 2.26 bits per heavy atom. The maximum atomic E-state index is 14.0. The molecule has 0 saturated carbocycles. The van der Waals surface area contributed by atoms with Gasteiger partial charge >= 0.3 is 0 Å². The molecule has 0 radical (unpaired) electrons. The number of pyridine rings is 1. The van der Waals surface area contributed by atoms with Crippen LogP contribution in [-0.2, 0) is 6.54 Å². The Bertz CT molecular complexity index is 782. The lowest BCUT2D eigenvalue weighted by molar-refractivity contribution is 0.414. The maximum Gasteiger partial charge on any atom is 0.191 e. The van der Waals surface area contributed by atoms with Gasteiger partial charge in [-0.15, -0.1) is 0 Å². The number of hydrogen-bond acceptors (Lipinski definition) is 4. The zero-order valence-electron chi connectivity index (χ0n) is 15.8. The fourth-order valence-corrected chi connectivity index (χ4v) is 3.14. The van der Waals surface area contributed by atoms with Crippen LogP contribution in [0.4, 0.5) is 10.2 Å². The Labute approximate surface area is 159 Å². The number of benzene rings is 1. The van der Waals surface area contributed by atoms with Gasteiger partial charge in [-0.3, -0.25) is 0 Å². The molecule has 3 rings (SSSR count). The highest BCUT2D eigenvalue weighted by atomic mass is 19.1. The molecule has 0 spiro atoms. The van der Waals surface area contributed by atoms with Gasteiger partial charge in [0.25, 0.3) is 0 Å². The third-order valence-electron chi connectivity index (χ3n) is 4.47. The lowest BCUT2D eigenvalue weighted by Gasteiger charge is -2.20. The van der Waals surface area contributed by atoms with Crippen LogP contribution in [0.5, 0.6) is 5.75 Å². The van der Waals surface area contributed by atoms with Crippen LogP contribution in [0.15, 0.2) is 47.6 Å². The van der Waals surface area contributed by atoms with E-state index in [1.54, 1.807) is 19.4 Å². The number of ether oxygens (including phenoxy) is 1. The number of hydrogen-bond donors (Lipinski definition) is 2. The van der Waals surface area contributed by atoms with E-state index in [0.717, 1.165) is 36.8 Å². The predicted molar refractivity (Wildman–Crippen MR) is 106 cm³/mol. The van der Waals surface area contributed by atoms with Crippen molar-refractivity contribution in [2.45, 2.75) is 25.9 Å². The van der Waals surface area contributed by atoms with Gasteiger partial charge in [-0.2, -0.15) is 0 Å². The number of anilines is 1. The molecule has 1 fully saturated rings. The molecule has 2 aromatic rings. The number of aliphatic imine (C=N–C) groups is 1. The monoisotopic (exact) mass is 371 g/mol. The molecule has 1 saturated heterocycles. The minimum atomic E-state index is -0.281. The van der Waals surface area contributed by atoms with Crippen molar-refractivity contribution in [2.75, 3.05) is 31.6 Å². The Hall–Kier alpha value is -2.83.